The van der Waals surface area contributed by atoms with Gasteiger partial charge in [0.25, 0.3) is 0 Å². The van der Waals surface area contributed by atoms with E-state index in [0.29, 0.717) is 12.1 Å². The molecule has 110 valence electrons. The molecule has 0 aromatic heterocycles. The van der Waals surface area contributed by atoms with Crippen molar-refractivity contribution in [2.45, 2.75) is 51.3 Å². The molecule has 0 saturated carbocycles. The van der Waals surface area contributed by atoms with Crippen molar-refractivity contribution in [1.82, 2.24) is 9.80 Å². The molecule has 0 unspecified atom stereocenters. The van der Waals surface area contributed by atoms with Crippen LogP contribution in [0, 0.1) is 0 Å². The van der Waals surface area contributed by atoms with Crippen LogP contribution >= 0.6 is 0 Å². The van der Waals surface area contributed by atoms with Gasteiger partial charge in [0.05, 0.1) is 5.60 Å². The fourth-order valence-corrected chi connectivity index (χ4v) is 3.17. The van der Waals surface area contributed by atoms with Crippen LogP contribution in [-0.2, 0) is 9.53 Å². The summed E-state index contributed by atoms with van der Waals surface area (Å²) < 4.78 is 5.46. The van der Waals surface area contributed by atoms with Gasteiger partial charge in [-0.05, 0) is 46.7 Å². The van der Waals surface area contributed by atoms with E-state index in [1.165, 1.54) is 25.9 Å². The summed E-state index contributed by atoms with van der Waals surface area (Å²) in [6, 6.07) is 1.29. The second-order valence-corrected chi connectivity index (χ2v) is 6.40. The number of hydrogen-bond acceptors (Lipinski definition) is 4. The fourth-order valence-electron chi connectivity index (χ4n) is 3.17. The van der Waals surface area contributed by atoms with Crippen LogP contribution in [0.15, 0.2) is 0 Å². The molecule has 0 amide bonds. The molecular formula is C14H26N2O3. The van der Waals surface area contributed by atoms with Crippen molar-refractivity contribution >= 4 is 5.97 Å². The number of likely N-dealkylation sites (tertiary alicyclic amines) is 2. The highest BCUT2D eigenvalue weighted by atomic mass is 16.5. The highest BCUT2D eigenvalue weighted by Gasteiger charge is 2.43. The number of aliphatic carboxylic acids is 1. The Morgan fingerprint density at radius 2 is 1.95 bits per heavy atom. The standard InChI is InChI=1S/C14H26N2O3/c1-11(2)15-6-4-12(5-7-15)16-9-14(3,10-16)19-8-13(17)18/h11-12H,4-10H2,1-3H3,(H,17,18). The van der Waals surface area contributed by atoms with Gasteiger partial charge in [-0.15, -0.1) is 0 Å². The molecule has 2 aliphatic rings. The van der Waals surface area contributed by atoms with Gasteiger partial charge in [0, 0.05) is 25.2 Å². The molecule has 0 atom stereocenters. The molecule has 5 heteroatoms. The van der Waals surface area contributed by atoms with Gasteiger partial charge in [-0.2, -0.15) is 0 Å². The van der Waals surface area contributed by atoms with Crippen LogP contribution in [-0.4, -0.2) is 71.3 Å². The van der Waals surface area contributed by atoms with Crippen LogP contribution < -0.4 is 0 Å². The number of carbonyl (C=O) groups is 1. The van der Waals surface area contributed by atoms with Gasteiger partial charge >= 0.3 is 5.97 Å². The van der Waals surface area contributed by atoms with Crippen molar-refractivity contribution < 1.29 is 14.6 Å². The van der Waals surface area contributed by atoms with Gasteiger partial charge in [0.2, 0.25) is 0 Å². The third kappa shape index (κ3) is 3.68. The first-order chi connectivity index (χ1) is 8.89. The Hall–Kier alpha value is -0.650. The predicted molar refractivity (Wildman–Crippen MR) is 73.3 cm³/mol. The lowest BCUT2D eigenvalue weighted by Crippen LogP contribution is -2.65. The summed E-state index contributed by atoms with van der Waals surface area (Å²) in [6.45, 7) is 10.4. The molecule has 2 fully saturated rings. The minimum Gasteiger partial charge on any atom is -0.480 e. The summed E-state index contributed by atoms with van der Waals surface area (Å²) in [4.78, 5) is 15.5. The topological polar surface area (TPSA) is 53.0 Å². The first-order valence-corrected chi connectivity index (χ1v) is 7.23. The van der Waals surface area contributed by atoms with E-state index >= 15 is 0 Å². The summed E-state index contributed by atoms with van der Waals surface area (Å²) in [7, 11) is 0. The van der Waals surface area contributed by atoms with Crippen molar-refractivity contribution in [3.63, 3.8) is 0 Å². The molecule has 0 radical (unpaired) electrons. The Labute approximate surface area is 115 Å². The molecule has 2 saturated heterocycles. The minimum atomic E-state index is -0.884. The van der Waals surface area contributed by atoms with Gasteiger partial charge in [-0.3, -0.25) is 4.90 Å². The molecule has 0 aromatic rings. The van der Waals surface area contributed by atoms with Gasteiger partial charge < -0.3 is 14.7 Å². The van der Waals surface area contributed by atoms with Gasteiger partial charge in [-0.1, -0.05) is 0 Å². The summed E-state index contributed by atoms with van der Waals surface area (Å²) in [5, 5.41) is 8.65. The third-order valence-corrected chi connectivity index (χ3v) is 4.36. The van der Waals surface area contributed by atoms with E-state index in [1.807, 2.05) is 6.92 Å². The first-order valence-electron chi connectivity index (χ1n) is 7.23. The quantitative estimate of drug-likeness (QED) is 0.809. The van der Waals surface area contributed by atoms with E-state index in [9.17, 15) is 4.79 Å². The summed E-state index contributed by atoms with van der Waals surface area (Å²) >= 11 is 0. The van der Waals surface area contributed by atoms with E-state index in [0.717, 1.165) is 13.1 Å². The second kappa shape index (κ2) is 5.77. The number of carboxylic acid groups (broad SMARTS) is 1. The average Bonchev–Trinajstić information content (AvgIpc) is 2.33. The van der Waals surface area contributed by atoms with Crippen LogP contribution in [0.5, 0.6) is 0 Å². The molecular weight excluding hydrogens is 244 g/mol. The smallest absolute Gasteiger partial charge is 0.329 e. The number of carboxylic acids is 1. The van der Waals surface area contributed by atoms with E-state index in [2.05, 4.69) is 23.6 Å². The molecule has 0 aromatic carbocycles. The molecule has 0 spiro atoms. The molecule has 19 heavy (non-hydrogen) atoms. The minimum absolute atomic E-state index is 0.184. The summed E-state index contributed by atoms with van der Waals surface area (Å²) in [5.41, 5.74) is -0.256. The maximum absolute atomic E-state index is 10.5. The lowest BCUT2D eigenvalue weighted by molar-refractivity contribution is -0.171. The molecule has 2 heterocycles. The Morgan fingerprint density at radius 3 is 2.42 bits per heavy atom. The van der Waals surface area contributed by atoms with Gasteiger partial charge in [0.1, 0.15) is 6.61 Å². The van der Waals surface area contributed by atoms with Crippen LogP contribution in [0.2, 0.25) is 0 Å². The zero-order chi connectivity index (χ0) is 14.0. The van der Waals surface area contributed by atoms with Crippen molar-refractivity contribution in [1.29, 1.82) is 0 Å². The van der Waals surface area contributed by atoms with Crippen molar-refractivity contribution in [2.24, 2.45) is 0 Å². The SMILES string of the molecule is CC(C)N1CCC(N2CC(C)(OCC(=O)O)C2)CC1. The van der Waals surface area contributed by atoms with Crippen molar-refractivity contribution in [2.75, 3.05) is 32.8 Å². The lowest BCUT2D eigenvalue weighted by atomic mass is 9.90. The maximum Gasteiger partial charge on any atom is 0.329 e. The lowest BCUT2D eigenvalue weighted by Gasteiger charge is -2.52. The molecule has 2 rings (SSSR count). The van der Waals surface area contributed by atoms with E-state index < -0.39 is 5.97 Å². The van der Waals surface area contributed by atoms with Crippen molar-refractivity contribution in [3.05, 3.63) is 0 Å². The van der Waals surface area contributed by atoms with Crippen LogP contribution in [0.3, 0.4) is 0 Å². The molecule has 0 aliphatic carbocycles. The van der Waals surface area contributed by atoms with Crippen LogP contribution in [0.1, 0.15) is 33.6 Å². The number of nitrogens with zero attached hydrogens (tertiary/aromatic N) is 2. The Bertz CT molecular complexity index is 319. The second-order valence-electron chi connectivity index (χ2n) is 6.40. The predicted octanol–water partition coefficient (Wildman–Crippen LogP) is 1.03. The Balaban J connectivity index is 1.71. The zero-order valence-electron chi connectivity index (χ0n) is 12.3. The Morgan fingerprint density at radius 1 is 1.37 bits per heavy atom. The fraction of sp³-hybridized carbons (Fsp3) is 0.929. The highest BCUT2D eigenvalue weighted by Crippen LogP contribution is 2.30. The molecule has 2 aliphatic heterocycles. The number of hydrogen-bond donors (Lipinski definition) is 1. The third-order valence-electron chi connectivity index (χ3n) is 4.36. The largest absolute Gasteiger partial charge is 0.480 e. The monoisotopic (exact) mass is 270 g/mol. The van der Waals surface area contributed by atoms with Crippen LogP contribution in [0.4, 0.5) is 0 Å². The molecule has 1 N–H and O–H groups in total. The Kier molecular flexibility index (Phi) is 4.48. The molecule has 0 bridgehead atoms. The number of ether oxygens (including phenoxy) is 1. The van der Waals surface area contributed by atoms with E-state index in [4.69, 9.17) is 9.84 Å². The summed E-state index contributed by atoms with van der Waals surface area (Å²) in [6.07, 6.45) is 2.43. The van der Waals surface area contributed by atoms with Gasteiger partial charge in [0.15, 0.2) is 0 Å². The van der Waals surface area contributed by atoms with E-state index in [-0.39, 0.29) is 12.2 Å². The number of rotatable bonds is 5. The number of piperidine rings is 1. The summed E-state index contributed by atoms with van der Waals surface area (Å²) in [5.74, 6) is -0.884. The van der Waals surface area contributed by atoms with Crippen molar-refractivity contribution in [3.8, 4) is 0 Å². The van der Waals surface area contributed by atoms with E-state index in [1.54, 1.807) is 0 Å². The maximum atomic E-state index is 10.5. The molecule has 5 nitrogen and oxygen atoms in total. The van der Waals surface area contributed by atoms with Crippen LogP contribution in [0.25, 0.3) is 0 Å². The zero-order valence-corrected chi connectivity index (χ0v) is 12.3. The highest BCUT2D eigenvalue weighted by molar-refractivity contribution is 5.68. The average molecular weight is 270 g/mol. The first kappa shape index (κ1) is 14.8. The van der Waals surface area contributed by atoms with Gasteiger partial charge in [-0.25, -0.2) is 4.79 Å². The normalized spacial score (nSPS) is 25.5.